The van der Waals surface area contributed by atoms with E-state index in [9.17, 15) is 9.90 Å². The summed E-state index contributed by atoms with van der Waals surface area (Å²) < 4.78 is 3.81. The Hall–Kier alpha value is -2.25. The lowest BCUT2D eigenvalue weighted by molar-refractivity contribution is 0.0689. The third-order valence-corrected chi connectivity index (χ3v) is 4.17. The first kappa shape index (κ1) is 12.5. The van der Waals surface area contributed by atoms with Crippen molar-refractivity contribution in [3.8, 4) is 0 Å². The van der Waals surface area contributed by atoms with Gasteiger partial charge in [0.25, 0.3) is 0 Å². The minimum absolute atomic E-state index is 0.0795. The molecule has 8 heteroatoms. The van der Waals surface area contributed by atoms with Crippen LogP contribution in [0.15, 0.2) is 0 Å². The fourth-order valence-corrected chi connectivity index (χ4v) is 2.97. The summed E-state index contributed by atoms with van der Waals surface area (Å²) in [5.41, 5.74) is 0.812. The second-order valence-corrected chi connectivity index (χ2v) is 5.70. The first-order valence-electron chi connectivity index (χ1n) is 7.31. The molecule has 0 bridgehead atoms. The predicted octanol–water partition coefficient (Wildman–Crippen LogP) is 0.830. The highest BCUT2D eigenvalue weighted by molar-refractivity contribution is 5.86. The lowest BCUT2D eigenvalue weighted by Gasteiger charge is -2.15. The minimum Gasteiger partial charge on any atom is -0.476 e. The van der Waals surface area contributed by atoms with E-state index < -0.39 is 5.97 Å². The van der Waals surface area contributed by atoms with Gasteiger partial charge in [-0.15, -0.1) is 15.3 Å². The molecule has 0 unspecified atom stereocenters. The summed E-state index contributed by atoms with van der Waals surface area (Å²) in [6, 6.07) is 0. The Morgan fingerprint density at radius 2 is 2.10 bits per heavy atom. The lowest BCUT2D eigenvalue weighted by Crippen LogP contribution is -2.17. The average Bonchev–Trinajstić information content (AvgIpc) is 3.11. The second kappa shape index (κ2) is 4.64. The zero-order chi connectivity index (χ0) is 14.4. The van der Waals surface area contributed by atoms with Crippen molar-refractivity contribution in [1.82, 2.24) is 29.8 Å². The number of aromatic carboxylic acids is 1. The molecule has 1 N–H and O–H groups in total. The number of nitrogens with zero attached hydrogens (tertiary/aromatic N) is 6. The zero-order valence-electron chi connectivity index (χ0n) is 11.6. The molecule has 3 heterocycles. The van der Waals surface area contributed by atoms with Gasteiger partial charge in [-0.05, 0) is 25.7 Å². The van der Waals surface area contributed by atoms with E-state index in [0.29, 0.717) is 6.54 Å². The number of carbonyl (C=O) groups is 1. The monoisotopic (exact) mass is 288 g/mol. The first-order valence-corrected chi connectivity index (χ1v) is 7.31. The summed E-state index contributed by atoms with van der Waals surface area (Å²) in [7, 11) is 0. The second-order valence-electron chi connectivity index (χ2n) is 5.70. The van der Waals surface area contributed by atoms with Gasteiger partial charge in [0, 0.05) is 18.9 Å². The van der Waals surface area contributed by atoms with E-state index in [1.165, 1.54) is 0 Å². The molecular weight excluding hydrogens is 272 g/mol. The summed E-state index contributed by atoms with van der Waals surface area (Å²) >= 11 is 0. The normalized spacial score (nSPS) is 17.7. The van der Waals surface area contributed by atoms with E-state index in [1.807, 2.05) is 0 Å². The standard InChI is InChI=1S/C13H16N6O2/c20-13(21)11-12(8-4-5-8)19(17-16-11)7-10-15-14-9-3-1-2-6-18(9)10/h8H,1-7H2,(H,20,21). The Kier molecular flexibility index (Phi) is 2.76. The van der Waals surface area contributed by atoms with Gasteiger partial charge in [0.1, 0.15) is 12.4 Å². The fraction of sp³-hybridized carbons (Fsp3) is 0.615. The smallest absolute Gasteiger partial charge is 0.358 e. The lowest BCUT2D eigenvalue weighted by atomic mass is 10.1. The first-order chi connectivity index (χ1) is 10.2. The summed E-state index contributed by atoms with van der Waals surface area (Å²) in [5.74, 6) is 1.12. The van der Waals surface area contributed by atoms with Crippen LogP contribution in [0.4, 0.5) is 0 Å². The molecule has 8 nitrogen and oxygen atoms in total. The number of hydrogen-bond donors (Lipinski definition) is 1. The van der Waals surface area contributed by atoms with Gasteiger partial charge in [0.2, 0.25) is 0 Å². The number of aryl methyl sites for hydroxylation is 1. The summed E-state index contributed by atoms with van der Waals surface area (Å²) in [6.07, 6.45) is 5.25. The summed E-state index contributed by atoms with van der Waals surface area (Å²) in [4.78, 5) is 11.3. The van der Waals surface area contributed by atoms with Gasteiger partial charge in [0.05, 0.1) is 5.69 Å². The molecule has 1 aliphatic heterocycles. The summed E-state index contributed by atoms with van der Waals surface area (Å²) in [5, 5.41) is 25.5. The van der Waals surface area contributed by atoms with Crippen molar-refractivity contribution in [1.29, 1.82) is 0 Å². The largest absolute Gasteiger partial charge is 0.476 e. The van der Waals surface area contributed by atoms with Crippen LogP contribution in [-0.2, 0) is 19.5 Å². The number of aromatic nitrogens is 6. The van der Waals surface area contributed by atoms with Crippen molar-refractivity contribution in [2.24, 2.45) is 0 Å². The van der Waals surface area contributed by atoms with Crippen LogP contribution in [0, 0.1) is 0 Å². The van der Waals surface area contributed by atoms with E-state index in [0.717, 1.165) is 56.0 Å². The molecule has 0 amide bonds. The Balaban J connectivity index is 1.68. The maximum atomic E-state index is 11.3. The highest BCUT2D eigenvalue weighted by atomic mass is 16.4. The van der Waals surface area contributed by atoms with E-state index in [4.69, 9.17) is 0 Å². The maximum absolute atomic E-state index is 11.3. The number of carboxylic acids is 1. The molecule has 21 heavy (non-hydrogen) atoms. The Bertz CT molecular complexity index is 700. The topological polar surface area (TPSA) is 98.7 Å². The van der Waals surface area contributed by atoms with E-state index in [2.05, 4.69) is 25.1 Å². The molecule has 4 rings (SSSR count). The molecule has 0 aromatic carbocycles. The molecule has 0 radical (unpaired) electrons. The Labute approximate surface area is 120 Å². The molecule has 1 aliphatic carbocycles. The predicted molar refractivity (Wildman–Crippen MR) is 71.0 cm³/mol. The van der Waals surface area contributed by atoms with Crippen molar-refractivity contribution in [3.63, 3.8) is 0 Å². The van der Waals surface area contributed by atoms with Crippen LogP contribution in [0.5, 0.6) is 0 Å². The SMILES string of the molecule is O=C(O)c1nnn(Cc2nnc3n2CCCC3)c1C1CC1. The van der Waals surface area contributed by atoms with Gasteiger partial charge in [-0.25, -0.2) is 9.48 Å². The van der Waals surface area contributed by atoms with Crippen LogP contribution in [0.1, 0.15) is 59.4 Å². The van der Waals surface area contributed by atoms with Crippen molar-refractivity contribution in [3.05, 3.63) is 23.0 Å². The highest BCUT2D eigenvalue weighted by Gasteiger charge is 2.34. The summed E-state index contributed by atoms with van der Waals surface area (Å²) in [6.45, 7) is 1.37. The number of rotatable bonds is 4. The van der Waals surface area contributed by atoms with Gasteiger partial charge in [0.15, 0.2) is 11.5 Å². The molecule has 2 aromatic heterocycles. The van der Waals surface area contributed by atoms with E-state index >= 15 is 0 Å². The third kappa shape index (κ3) is 2.10. The van der Waals surface area contributed by atoms with Crippen molar-refractivity contribution in [2.75, 3.05) is 0 Å². The fourth-order valence-electron chi connectivity index (χ4n) is 2.97. The highest BCUT2D eigenvalue weighted by Crippen LogP contribution is 2.41. The van der Waals surface area contributed by atoms with Crippen LogP contribution < -0.4 is 0 Å². The van der Waals surface area contributed by atoms with E-state index in [1.54, 1.807) is 4.68 Å². The van der Waals surface area contributed by atoms with Crippen LogP contribution in [-0.4, -0.2) is 40.8 Å². The third-order valence-electron chi connectivity index (χ3n) is 4.17. The molecule has 1 saturated carbocycles. The van der Waals surface area contributed by atoms with Crippen molar-refractivity contribution < 1.29 is 9.90 Å². The van der Waals surface area contributed by atoms with Crippen LogP contribution >= 0.6 is 0 Å². The quantitative estimate of drug-likeness (QED) is 0.894. The van der Waals surface area contributed by atoms with Crippen LogP contribution in [0.2, 0.25) is 0 Å². The molecule has 0 spiro atoms. The number of carboxylic acid groups (broad SMARTS) is 1. The van der Waals surface area contributed by atoms with Crippen molar-refractivity contribution in [2.45, 2.75) is 51.1 Å². The van der Waals surface area contributed by atoms with Crippen LogP contribution in [0.25, 0.3) is 0 Å². The zero-order valence-corrected chi connectivity index (χ0v) is 11.6. The molecule has 110 valence electrons. The van der Waals surface area contributed by atoms with Crippen molar-refractivity contribution >= 4 is 5.97 Å². The maximum Gasteiger partial charge on any atom is 0.358 e. The Morgan fingerprint density at radius 3 is 2.86 bits per heavy atom. The van der Waals surface area contributed by atoms with Gasteiger partial charge in [-0.1, -0.05) is 5.21 Å². The molecule has 1 fully saturated rings. The van der Waals surface area contributed by atoms with E-state index in [-0.39, 0.29) is 11.6 Å². The molecular formula is C13H16N6O2. The van der Waals surface area contributed by atoms with Gasteiger partial charge in [-0.2, -0.15) is 0 Å². The molecule has 0 atom stereocenters. The minimum atomic E-state index is -1.01. The Morgan fingerprint density at radius 1 is 1.24 bits per heavy atom. The van der Waals surface area contributed by atoms with Gasteiger partial charge in [-0.3, -0.25) is 0 Å². The molecule has 2 aromatic rings. The van der Waals surface area contributed by atoms with Crippen LogP contribution in [0.3, 0.4) is 0 Å². The molecule has 0 saturated heterocycles. The number of fused-ring (bicyclic) bond motifs is 1. The van der Waals surface area contributed by atoms with Gasteiger partial charge < -0.3 is 9.67 Å². The van der Waals surface area contributed by atoms with Gasteiger partial charge >= 0.3 is 5.97 Å². The molecule has 2 aliphatic rings. The average molecular weight is 288 g/mol. The number of hydrogen-bond acceptors (Lipinski definition) is 5.